The van der Waals surface area contributed by atoms with Gasteiger partial charge in [0.05, 0.1) is 18.2 Å². The SMILES string of the molecule is CN1C(=O)N(c2c(F)cc(C#Cc3ccccc3)cc2F)C(=O)CC1(C)c1ccnnc1. The molecule has 3 aromatic rings. The highest BCUT2D eigenvalue weighted by atomic mass is 19.1. The zero-order valence-corrected chi connectivity index (χ0v) is 17.3. The van der Waals surface area contributed by atoms with Crippen LogP contribution in [0.5, 0.6) is 0 Å². The molecule has 2 heterocycles. The van der Waals surface area contributed by atoms with Crippen LogP contribution >= 0.6 is 0 Å². The van der Waals surface area contributed by atoms with Gasteiger partial charge in [-0.2, -0.15) is 10.2 Å². The number of amides is 3. The maximum absolute atomic E-state index is 14.9. The molecule has 0 saturated carbocycles. The highest BCUT2D eigenvalue weighted by Crippen LogP contribution is 2.38. The largest absolute Gasteiger partial charge is 0.332 e. The van der Waals surface area contributed by atoms with E-state index in [1.54, 1.807) is 37.3 Å². The molecule has 0 bridgehead atoms. The van der Waals surface area contributed by atoms with Gasteiger partial charge >= 0.3 is 6.03 Å². The Morgan fingerprint density at radius 3 is 2.25 bits per heavy atom. The van der Waals surface area contributed by atoms with Crippen molar-refractivity contribution < 1.29 is 18.4 Å². The summed E-state index contributed by atoms with van der Waals surface area (Å²) in [5, 5.41) is 7.50. The molecule has 0 N–H and O–H groups in total. The van der Waals surface area contributed by atoms with Crippen LogP contribution in [0.2, 0.25) is 0 Å². The lowest BCUT2D eigenvalue weighted by Gasteiger charge is -2.45. The van der Waals surface area contributed by atoms with E-state index < -0.39 is 34.8 Å². The van der Waals surface area contributed by atoms with Gasteiger partial charge in [0.1, 0.15) is 5.69 Å². The molecule has 6 nitrogen and oxygen atoms in total. The van der Waals surface area contributed by atoms with Gasteiger partial charge in [-0.1, -0.05) is 30.0 Å². The molecular weight excluding hydrogens is 414 g/mol. The Labute approximate surface area is 183 Å². The average Bonchev–Trinajstić information content (AvgIpc) is 2.79. The van der Waals surface area contributed by atoms with E-state index in [9.17, 15) is 18.4 Å². The summed E-state index contributed by atoms with van der Waals surface area (Å²) in [6.45, 7) is 1.69. The summed E-state index contributed by atoms with van der Waals surface area (Å²) < 4.78 is 29.8. The van der Waals surface area contributed by atoms with E-state index >= 15 is 0 Å². The van der Waals surface area contributed by atoms with Crippen LogP contribution in [-0.2, 0) is 10.3 Å². The number of rotatable bonds is 2. The van der Waals surface area contributed by atoms with Crippen LogP contribution in [0.25, 0.3) is 0 Å². The second-order valence-electron chi connectivity index (χ2n) is 7.56. The second-order valence-corrected chi connectivity index (χ2v) is 7.56. The summed E-state index contributed by atoms with van der Waals surface area (Å²) >= 11 is 0. The van der Waals surface area contributed by atoms with Crippen molar-refractivity contribution in [2.75, 3.05) is 11.9 Å². The van der Waals surface area contributed by atoms with E-state index in [-0.39, 0.29) is 12.0 Å². The van der Waals surface area contributed by atoms with Crippen LogP contribution in [-0.4, -0.2) is 34.1 Å². The maximum atomic E-state index is 14.9. The molecule has 1 unspecified atom stereocenters. The number of carbonyl (C=O) groups is 2. The molecule has 0 spiro atoms. The molecule has 1 aliphatic heterocycles. The third-order valence-corrected chi connectivity index (χ3v) is 5.53. The van der Waals surface area contributed by atoms with Crippen LogP contribution in [0.3, 0.4) is 0 Å². The third kappa shape index (κ3) is 3.69. The number of halogens is 2. The first-order chi connectivity index (χ1) is 15.3. The van der Waals surface area contributed by atoms with Crippen LogP contribution in [0.1, 0.15) is 30.0 Å². The molecule has 4 rings (SSSR count). The number of hydrogen-bond acceptors (Lipinski definition) is 4. The molecule has 1 fully saturated rings. The number of nitrogens with zero attached hydrogens (tertiary/aromatic N) is 4. The summed E-state index contributed by atoms with van der Waals surface area (Å²) in [4.78, 5) is 27.8. The molecule has 3 amide bonds. The number of urea groups is 1. The van der Waals surface area contributed by atoms with Crippen molar-refractivity contribution >= 4 is 17.6 Å². The number of aromatic nitrogens is 2. The zero-order valence-electron chi connectivity index (χ0n) is 17.3. The molecule has 160 valence electrons. The number of hydrogen-bond donors (Lipinski definition) is 0. The number of carbonyl (C=O) groups excluding carboxylic acids is 2. The first-order valence-electron chi connectivity index (χ1n) is 9.75. The van der Waals surface area contributed by atoms with Crippen molar-refractivity contribution in [2.24, 2.45) is 0 Å². The number of anilines is 1. The average molecular weight is 432 g/mol. The zero-order chi connectivity index (χ0) is 22.9. The first-order valence-corrected chi connectivity index (χ1v) is 9.75. The fraction of sp³-hybridized carbons (Fsp3) is 0.167. The van der Waals surface area contributed by atoms with E-state index in [4.69, 9.17) is 0 Å². The molecule has 1 aliphatic rings. The molecule has 8 heteroatoms. The third-order valence-electron chi connectivity index (χ3n) is 5.53. The van der Waals surface area contributed by atoms with Gasteiger partial charge in [0.25, 0.3) is 0 Å². The standard InChI is InChI=1S/C24H18F2N4O2/c1-24(18-10-11-27-28-15-18)14-21(31)30(23(32)29(24)2)22-19(25)12-17(13-20(22)26)9-8-16-6-4-3-5-7-16/h3-7,10-13,15H,14H2,1-2H3. The summed E-state index contributed by atoms with van der Waals surface area (Å²) in [6, 6.07) is 11.8. The molecule has 1 aromatic heterocycles. The molecule has 32 heavy (non-hydrogen) atoms. The maximum Gasteiger partial charge on any atom is 0.332 e. The van der Waals surface area contributed by atoms with Crippen molar-refractivity contribution in [3.8, 4) is 11.8 Å². The highest BCUT2D eigenvalue weighted by molar-refractivity contribution is 6.16. The molecule has 1 saturated heterocycles. The predicted octanol–water partition coefficient (Wildman–Crippen LogP) is 3.86. The van der Waals surface area contributed by atoms with Crippen molar-refractivity contribution in [1.82, 2.24) is 15.1 Å². The minimum Gasteiger partial charge on any atom is -0.317 e. The lowest BCUT2D eigenvalue weighted by atomic mass is 9.86. The molecular formula is C24H18F2N4O2. The van der Waals surface area contributed by atoms with Crippen LogP contribution < -0.4 is 4.90 Å². The fourth-order valence-electron chi connectivity index (χ4n) is 3.60. The fourth-order valence-corrected chi connectivity index (χ4v) is 3.60. The first kappa shape index (κ1) is 21.1. The number of benzene rings is 2. The monoisotopic (exact) mass is 432 g/mol. The lowest BCUT2D eigenvalue weighted by Crippen LogP contribution is -2.60. The Morgan fingerprint density at radius 1 is 0.969 bits per heavy atom. The van der Waals surface area contributed by atoms with Gasteiger partial charge in [-0.25, -0.2) is 18.5 Å². The van der Waals surface area contributed by atoms with Crippen molar-refractivity contribution in [3.05, 3.63) is 89.2 Å². The normalized spacial score (nSPS) is 18.4. The minimum atomic E-state index is -1.05. The van der Waals surface area contributed by atoms with Crippen LogP contribution in [0.4, 0.5) is 19.3 Å². The summed E-state index contributed by atoms with van der Waals surface area (Å²) in [7, 11) is 1.47. The quantitative estimate of drug-likeness (QED) is 0.577. The van der Waals surface area contributed by atoms with Gasteiger partial charge in [0.2, 0.25) is 5.91 Å². The van der Waals surface area contributed by atoms with Crippen LogP contribution in [0, 0.1) is 23.5 Å². The number of imide groups is 1. The summed E-state index contributed by atoms with van der Waals surface area (Å²) in [6.07, 6.45) is 2.72. The Hall–Kier alpha value is -4.12. The lowest BCUT2D eigenvalue weighted by molar-refractivity contribution is -0.122. The topological polar surface area (TPSA) is 66.4 Å². The van der Waals surface area contributed by atoms with Gasteiger partial charge in [-0.3, -0.25) is 4.79 Å². The Morgan fingerprint density at radius 2 is 1.62 bits per heavy atom. The predicted molar refractivity (Wildman–Crippen MR) is 113 cm³/mol. The van der Waals surface area contributed by atoms with Crippen molar-refractivity contribution in [1.29, 1.82) is 0 Å². The smallest absolute Gasteiger partial charge is 0.317 e. The highest BCUT2D eigenvalue weighted by Gasteiger charge is 2.47. The molecule has 0 aliphatic carbocycles. The van der Waals surface area contributed by atoms with Crippen molar-refractivity contribution in [2.45, 2.75) is 18.9 Å². The van der Waals surface area contributed by atoms with Gasteiger partial charge in [0.15, 0.2) is 11.6 Å². The minimum absolute atomic E-state index is 0.0885. The summed E-state index contributed by atoms with van der Waals surface area (Å²) in [5.41, 5.74) is -0.388. The summed E-state index contributed by atoms with van der Waals surface area (Å²) in [5.74, 6) is 2.69. The Bertz CT molecular complexity index is 1230. The van der Waals surface area contributed by atoms with E-state index in [0.29, 0.717) is 16.0 Å². The molecule has 0 radical (unpaired) electrons. The van der Waals surface area contributed by atoms with E-state index in [1.807, 2.05) is 6.07 Å². The Balaban J connectivity index is 1.68. The Kier molecular flexibility index (Phi) is 5.41. The van der Waals surface area contributed by atoms with E-state index in [0.717, 1.165) is 12.1 Å². The second kappa shape index (κ2) is 8.19. The van der Waals surface area contributed by atoms with Crippen LogP contribution in [0.15, 0.2) is 60.9 Å². The van der Waals surface area contributed by atoms with Gasteiger partial charge in [-0.15, -0.1) is 0 Å². The van der Waals surface area contributed by atoms with Gasteiger partial charge < -0.3 is 4.90 Å². The molecule has 2 aromatic carbocycles. The van der Waals surface area contributed by atoms with E-state index in [2.05, 4.69) is 22.0 Å². The van der Waals surface area contributed by atoms with Gasteiger partial charge in [0, 0.05) is 24.4 Å². The van der Waals surface area contributed by atoms with E-state index in [1.165, 1.54) is 24.3 Å². The molecule has 1 atom stereocenters. The van der Waals surface area contributed by atoms with Crippen molar-refractivity contribution in [3.63, 3.8) is 0 Å². The van der Waals surface area contributed by atoms with Gasteiger partial charge in [-0.05, 0) is 42.8 Å².